The molecular weight excluding hydrogens is 420 g/mol. The van der Waals surface area contributed by atoms with Crippen LogP contribution in [0.3, 0.4) is 0 Å². The van der Waals surface area contributed by atoms with Crippen LogP contribution in [0.25, 0.3) is 27.8 Å². The Morgan fingerprint density at radius 1 is 0.875 bits per heavy atom. The van der Waals surface area contributed by atoms with Crippen LogP contribution >= 0.6 is 11.6 Å². The molecule has 1 aliphatic carbocycles. The number of fused-ring (bicyclic) bond motifs is 3. The average molecular weight is 447 g/mol. The van der Waals surface area contributed by atoms with Gasteiger partial charge in [-0.25, -0.2) is 4.98 Å². The summed E-state index contributed by atoms with van der Waals surface area (Å²) in [4.78, 5) is 10.3. The Morgan fingerprint density at radius 2 is 1.69 bits per heavy atom. The van der Waals surface area contributed by atoms with Gasteiger partial charge < -0.3 is 4.90 Å². The maximum absolute atomic E-state index is 6.25. The normalized spacial score (nSPS) is 18.6. The highest BCUT2D eigenvalue weighted by Gasteiger charge is 2.27. The van der Waals surface area contributed by atoms with Crippen LogP contribution in [0.15, 0.2) is 48.5 Å². The largest absolute Gasteiger partial charge is 0.353 e. The molecule has 1 saturated heterocycles. The molecule has 1 aliphatic heterocycles. The average Bonchev–Trinajstić information content (AvgIpc) is 3.29. The number of rotatable bonds is 3. The first-order chi connectivity index (χ1) is 15.8. The van der Waals surface area contributed by atoms with E-state index in [2.05, 4.69) is 38.3 Å². The predicted molar refractivity (Wildman–Crippen MR) is 129 cm³/mol. The van der Waals surface area contributed by atoms with Gasteiger partial charge in [0.15, 0.2) is 5.65 Å². The SMILES string of the molecule is Clc1cccc(-c2nnn3c2nc(N2CCN(C4CCCCC4)CC2)c2ccccc23)c1. The monoisotopic (exact) mass is 446 g/mol. The molecule has 6 rings (SSSR count). The standard InChI is InChI=1S/C25H27ClN6/c26-19-8-6-7-18(17-19)23-25-27-24(21-11-4-5-12-22(21)32(25)29-28-23)31-15-13-30(14-16-31)20-9-2-1-3-10-20/h4-8,11-12,17,20H,1-3,9-10,13-16H2. The van der Waals surface area contributed by atoms with Gasteiger partial charge in [0.1, 0.15) is 11.5 Å². The van der Waals surface area contributed by atoms with Gasteiger partial charge in [-0.05, 0) is 37.1 Å². The summed E-state index contributed by atoms with van der Waals surface area (Å²) in [6, 6.07) is 16.9. The van der Waals surface area contributed by atoms with Gasteiger partial charge in [-0.1, -0.05) is 60.3 Å². The summed E-state index contributed by atoms with van der Waals surface area (Å²) < 4.78 is 1.85. The van der Waals surface area contributed by atoms with Crippen molar-refractivity contribution in [1.82, 2.24) is 24.7 Å². The third-order valence-electron chi connectivity index (χ3n) is 7.03. The Kier molecular flexibility index (Phi) is 5.20. The fourth-order valence-electron chi connectivity index (χ4n) is 5.36. The molecule has 0 atom stereocenters. The van der Waals surface area contributed by atoms with E-state index in [9.17, 15) is 0 Å². The van der Waals surface area contributed by atoms with Gasteiger partial charge in [0.05, 0.1) is 5.52 Å². The third kappa shape index (κ3) is 3.51. The molecule has 2 aliphatic rings. The number of halogens is 1. The molecule has 2 fully saturated rings. The van der Waals surface area contributed by atoms with Crippen molar-refractivity contribution in [2.45, 2.75) is 38.1 Å². The molecule has 0 N–H and O–H groups in total. The van der Waals surface area contributed by atoms with Crippen molar-refractivity contribution < 1.29 is 0 Å². The number of anilines is 1. The van der Waals surface area contributed by atoms with Crippen molar-refractivity contribution in [3.05, 3.63) is 53.6 Å². The Balaban J connectivity index is 1.39. The Labute approximate surface area is 192 Å². The lowest BCUT2D eigenvalue weighted by Gasteiger charge is -2.41. The van der Waals surface area contributed by atoms with E-state index in [4.69, 9.17) is 16.6 Å². The molecule has 32 heavy (non-hydrogen) atoms. The van der Waals surface area contributed by atoms with Crippen molar-refractivity contribution in [2.24, 2.45) is 0 Å². The summed E-state index contributed by atoms with van der Waals surface area (Å²) in [7, 11) is 0. The number of para-hydroxylation sites is 1. The first kappa shape index (κ1) is 19.9. The van der Waals surface area contributed by atoms with Crippen molar-refractivity contribution in [1.29, 1.82) is 0 Å². The molecule has 7 heteroatoms. The summed E-state index contributed by atoms with van der Waals surface area (Å²) >= 11 is 6.25. The van der Waals surface area contributed by atoms with Gasteiger partial charge in [-0.3, -0.25) is 4.90 Å². The number of hydrogen-bond donors (Lipinski definition) is 0. The second kappa shape index (κ2) is 8.34. The maximum atomic E-state index is 6.25. The maximum Gasteiger partial charge on any atom is 0.186 e. The fraction of sp³-hybridized carbons (Fsp3) is 0.400. The molecule has 3 heterocycles. The van der Waals surface area contributed by atoms with Crippen LogP contribution < -0.4 is 4.90 Å². The van der Waals surface area contributed by atoms with Gasteiger partial charge >= 0.3 is 0 Å². The zero-order valence-corrected chi connectivity index (χ0v) is 18.9. The van der Waals surface area contributed by atoms with E-state index in [1.165, 1.54) is 32.1 Å². The van der Waals surface area contributed by atoms with E-state index in [1.54, 1.807) is 0 Å². The molecule has 0 amide bonds. The number of nitrogens with zero attached hydrogens (tertiary/aromatic N) is 6. The predicted octanol–water partition coefficient (Wildman–Crippen LogP) is 5.05. The van der Waals surface area contributed by atoms with Crippen LogP contribution in [0.4, 0.5) is 5.82 Å². The summed E-state index contributed by atoms with van der Waals surface area (Å²) in [5.74, 6) is 1.03. The minimum atomic E-state index is 0.684. The van der Waals surface area contributed by atoms with Crippen LogP contribution in [-0.4, -0.2) is 56.9 Å². The van der Waals surface area contributed by atoms with Crippen molar-refractivity contribution >= 4 is 34.0 Å². The summed E-state index contributed by atoms with van der Waals surface area (Å²) in [5, 5.41) is 10.7. The minimum absolute atomic E-state index is 0.684. The molecule has 6 nitrogen and oxygen atoms in total. The highest BCUT2D eigenvalue weighted by molar-refractivity contribution is 6.30. The summed E-state index contributed by atoms with van der Waals surface area (Å²) in [6.45, 7) is 4.20. The van der Waals surface area contributed by atoms with Crippen LogP contribution in [0.2, 0.25) is 5.02 Å². The van der Waals surface area contributed by atoms with Crippen LogP contribution in [0, 0.1) is 0 Å². The first-order valence-electron chi connectivity index (χ1n) is 11.7. The van der Waals surface area contributed by atoms with Gasteiger partial charge in [0.2, 0.25) is 0 Å². The smallest absolute Gasteiger partial charge is 0.186 e. The zero-order valence-electron chi connectivity index (χ0n) is 18.1. The lowest BCUT2D eigenvalue weighted by Crippen LogP contribution is -2.51. The second-order valence-corrected chi connectivity index (χ2v) is 9.39. The van der Waals surface area contributed by atoms with Gasteiger partial charge in [0, 0.05) is 48.2 Å². The first-order valence-corrected chi connectivity index (χ1v) is 12.0. The van der Waals surface area contributed by atoms with Gasteiger partial charge in [-0.15, -0.1) is 5.10 Å². The summed E-state index contributed by atoms with van der Waals surface area (Å²) in [6.07, 6.45) is 6.89. The molecule has 164 valence electrons. The quantitative estimate of drug-likeness (QED) is 0.440. The van der Waals surface area contributed by atoms with Crippen LogP contribution in [0.1, 0.15) is 32.1 Å². The van der Waals surface area contributed by atoms with Crippen molar-refractivity contribution in [2.75, 3.05) is 31.1 Å². The molecule has 2 aromatic heterocycles. The molecular formula is C25H27ClN6. The van der Waals surface area contributed by atoms with Crippen LogP contribution in [0.5, 0.6) is 0 Å². The van der Waals surface area contributed by atoms with Gasteiger partial charge in [0.25, 0.3) is 0 Å². The molecule has 0 radical (unpaired) electrons. The molecule has 4 aromatic rings. The number of hydrogen-bond acceptors (Lipinski definition) is 5. The topological polar surface area (TPSA) is 49.6 Å². The van der Waals surface area contributed by atoms with E-state index in [-0.39, 0.29) is 0 Å². The molecule has 0 spiro atoms. The van der Waals surface area contributed by atoms with E-state index < -0.39 is 0 Å². The minimum Gasteiger partial charge on any atom is -0.353 e. The van der Waals surface area contributed by atoms with E-state index in [0.29, 0.717) is 5.02 Å². The number of benzene rings is 2. The Morgan fingerprint density at radius 3 is 2.50 bits per heavy atom. The highest BCUT2D eigenvalue weighted by atomic mass is 35.5. The fourth-order valence-corrected chi connectivity index (χ4v) is 5.55. The lowest BCUT2D eigenvalue weighted by atomic mass is 9.94. The molecule has 0 unspecified atom stereocenters. The number of aromatic nitrogens is 4. The third-order valence-corrected chi connectivity index (χ3v) is 7.27. The molecule has 0 bridgehead atoms. The molecule has 2 aromatic carbocycles. The highest BCUT2D eigenvalue weighted by Crippen LogP contribution is 2.32. The van der Waals surface area contributed by atoms with Crippen molar-refractivity contribution in [3.8, 4) is 11.3 Å². The molecule has 1 saturated carbocycles. The summed E-state index contributed by atoms with van der Waals surface area (Å²) in [5.41, 5.74) is 3.50. The second-order valence-electron chi connectivity index (χ2n) is 8.95. The number of piperazine rings is 1. The van der Waals surface area contributed by atoms with Crippen LogP contribution in [-0.2, 0) is 0 Å². The van der Waals surface area contributed by atoms with Crippen molar-refractivity contribution in [3.63, 3.8) is 0 Å². The Hall–Kier alpha value is -2.70. The van der Waals surface area contributed by atoms with E-state index >= 15 is 0 Å². The lowest BCUT2D eigenvalue weighted by molar-refractivity contribution is 0.148. The zero-order chi connectivity index (χ0) is 21.5. The Bertz CT molecular complexity index is 1250. The van der Waals surface area contributed by atoms with E-state index in [1.807, 2.05) is 34.8 Å². The van der Waals surface area contributed by atoms with E-state index in [0.717, 1.165) is 65.8 Å². The van der Waals surface area contributed by atoms with Gasteiger partial charge in [-0.2, -0.15) is 4.52 Å².